The highest BCUT2D eigenvalue weighted by molar-refractivity contribution is 4.97. The summed E-state index contributed by atoms with van der Waals surface area (Å²) < 4.78 is 18.1. The second-order valence-electron chi connectivity index (χ2n) is 6.12. The third-order valence-corrected chi connectivity index (χ3v) is 4.95. The molecule has 0 aliphatic carbocycles. The summed E-state index contributed by atoms with van der Waals surface area (Å²) in [5.41, 5.74) is 0. The van der Waals surface area contributed by atoms with Crippen LogP contribution in [-0.2, 0) is 14.2 Å². The van der Waals surface area contributed by atoms with Crippen molar-refractivity contribution in [2.45, 2.75) is 63.6 Å². The first-order valence-corrected chi connectivity index (χ1v) is 7.24. The van der Waals surface area contributed by atoms with E-state index in [4.69, 9.17) is 14.2 Å². The third kappa shape index (κ3) is 1.99. The van der Waals surface area contributed by atoms with E-state index in [9.17, 15) is 5.11 Å². The molecule has 18 heavy (non-hydrogen) atoms. The van der Waals surface area contributed by atoms with Crippen LogP contribution in [0.5, 0.6) is 0 Å². The standard InChI is InChI=1S/C14H24O4/c1-9-10(2)14(7-11(15)8-17-14)18-12-5-3-4-6-16-13(9)12/h9-13,15H,3-8H2,1-2H3/t9-,10-,11-,12-,13+,14+/m0/s1. The Balaban J connectivity index is 1.82. The molecule has 3 saturated heterocycles. The highest BCUT2D eigenvalue weighted by Crippen LogP contribution is 2.47. The molecule has 104 valence electrons. The molecule has 3 aliphatic heterocycles. The second kappa shape index (κ2) is 4.75. The maximum absolute atomic E-state index is 9.77. The summed E-state index contributed by atoms with van der Waals surface area (Å²) in [5.74, 6) is 0.0920. The van der Waals surface area contributed by atoms with Crippen LogP contribution in [0.1, 0.15) is 39.5 Å². The summed E-state index contributed by atoms with van der Waals surface area (Å²) in [6.07, 6.45) is 3.85. The van der Waals surface area contributed by atoms with Gasteiger partial charge in [0.05, 0.1) is 24.9 Å². The van der Waals surface area contributed by atoms with Gasteiger partial charge >= 0.3 is 0 Å². The molecular weight excluding hydrogens is 232 g/mol. The summed E-state index contributed by atoms with van der Waals surface area (Å²) in [4.78, 5) is 0. The smallest absolute Gasteiger partial charge is 0.174 e. The van der Waals surface area contributed by atoms with Crippen molar-refractivity contribution in [3.63, 3.8) is 0 Å². The minimum absolute atomic E-state index is 0.129. The van der Waals surface area contributed by atoms with Gasteiger partial charge in [0.2, 0.25) is 0 Å². The number of ether oxygens (including phenoxy) is 3. The van der Waals surface area contributed by atoms with E-state index in [0.29, 0.717) is 18.9 Å². The lowest BCUT2D eigenvalue weighted by Gasteiger charge is -2.49. The van der Waals surface area contributed by atoms with E-state index in [0.717, 1.165) is 25.9 Å². The molecule has 0 radical (unpaired) electrons. The van der Waals surface area contributed by atoms with E-state index < -0.39 is 5.79 Å². The predicted octanol–water partition coefficient (Wildman–Crippen LogP) is 1.70. The van der Waals surface area contributed by atoms with Crippen molar-refractivity contribution >= 4 is 0 Å². The van der Waals surface area contributed by atoms with Crippen molar-refractivity contribution in [2.24, 2.45) is 11.8 Å². The zero-order valence-electron chi connectivity index (χ0n) is 11.3. The van der Waals surface area contributed by atoms with Crippen LogP contribution in [-0.4, -0.2) is 42.4 Å². The fourth-order valence-electron chi connectivity index (χ4n) is 3.69. The van der Waals surface area contributed by atoms with E-state index in [-0.39, 0.29) is 24.2 Å². The minimum Gasteiger partial charge on any atom is -0.391 e. The Bertz CT molecular complexity index is 308. The first-order chi connectivity index (χ1) is 8.62. The van der Waals surface area contributed by atoms with Crippen LogP contribution in [0, 0.1) is 11.8 Å². The van der Waals surface area contributed by atoms with Gasteiger partial charge in [0.15, 0.2) is 5.79 Å². The summed E-state index contributed by atoms with van der Waals surface area (Å²) in [5, 5.41) is 9.77. The molecule has 0 saturated carbocycles. The largest absolute Gasteiger partial charge is 0.391 e. The SMILES string of the molecule is C[C@@H]1[C@H]2OCCCC[C@@H]2O[C@]2(C[C@H](O)CO2)[C@H]1C. The van der Waals surface area contributed by atoms with Gasteiger partial charge < -0.3 is 19.3 Å². The Labute approximate surface area is 109 Å². The van der Waals surface area contributed by atoms with Crippen molar-refractivity contribution in [3.05, 3.63) is 0 Å². The average Bonchev–Trinajstić information content (AvgIpc) is 2.58. The third-order valence-electron chi connectivity index (χ3n) is 4.95. The maximum Gasteiger partial charge on any atom is 0.174 e. The molecule has 1 N–H and O–H groups in total. The Morgan fingerprint density at radius 1 is 1.22 bits per heavy atom. The maximum atomic E-state index is 9.77. The molecular formula is C14H24O4. The molecule has 0 bridgehead atoms. The molecule has 6 atom stereocenters. The fraction of sp³-hybridized carbons (Fsp3) is 1.00. The van der Waals surface area contributed by atoms with Crippen LogP contribution < -0.4 is 0 Å². The molecule has 0 aromatic rings. The summed E-state index contributed by atoms with van der Waals surface area (Å²) in [6, 6.07) is 0. The van der Waals surface area contributed by atoms with Crippen LogP contribution in [0.2, 0.25) is 0 Å². The molecule has 3 rings (SSSR count). The van der Waals surface area contributed by atoms with Gasteiger partial charge in [0, 0.05) is 18.9 Å². The number of hydrogen-bond donors (Lipinski definition) is 1. The first kappa shape index (κ1) is 12.9. The van der Waals surface area contributed by atoms with Crippen molar-refractivity contribution in [1.82, 2.24) is 0 Å². The molecule has 0 unspecified atom stereocenters. The Morgan fingerprint density at radius 2 is 2.06 bits per heavy atom. The van der Waals surface area contributed by atoms with E-state index in [1.54, 1.807) is 0 Å². The zero-order valence-corrected chi connectivity index (χ0v) is 11.3. The Morgan fingerprint density at radius 3 is 2.78 bits per heavy atom. The first-order valence-electron chi connectivity index (χ1n) is 7.24. The zero-order chi connectivity index (χ0) is 12.8. The number of rotatable bonds is 0. The van der Waals surface area contributed by atoms with Gasteiger partial charge in [0.1, 0.15) is 0 Å². The summed E-state index contributed by atoms with van der Waals surface area (Å²) in [7, 11) is 0. The molecule has 3 aliphatic rings. The second-order valence-corrected chi connectivity index (χ2v) is 6.12. The van der Waals surface area contributed by atoms with Crippen LogP contribution in [0.25, 0.3) is 0 Å². The van der Waals surface area contributed by atoms with Crippen LogP contribution in [0.3, 0.4) is 0 Å². The lowest BCUT2D eigenvalue weighted by atomic mass is 9.77. The topological polar surface area (TPSA) is 47.9 Å². The number of fused-ring (bicyclic) bond motifs is 1. The molecule has 3 heterocycles. The highest BCUT2D eigenvalue weighted by Gasteiger charge is 2.55. The average molecular weight is 256 g/mol. The molecule has 0 amide bonds. The molecule has 4 heteroatoms. The number of aliphatic hydroxyl groups is 1. The van der Waals surface area contributed by atoms with Gasteiger partial charge in [-0.15, -0.1) is 0 Å². The van der Waals surface area contributed by atoms with Gasteiger partial charge in [0.25, 0.3) is 0 Å². The number of hydrogen-bond acceptors (Lipinski definition) is 4. The van der Waals surface area contributed by atoms with E-state index in [1.807, 2.05) is 0 Å². The summed E-state index contributed by atoms with van der Waals surface area (Å²) in [6.45, 7) is 5.63. The molecule has 3 fully saturated rings. The molecule has 0 aromatic carbocycles. The van der Waals surface area contributed by atoms with Gasteiger partial charge in [-0.3, -0.25) is 0 Å². The van der Waals surface area contributed by atoms with Crippen LogP contribution in [0.4, 0.5) is 0 Å². The van der Waals surface area contributed by atoms with Gasteiger partial charge in [-0.05, 0) is 25.2 Å². The van der Waals surface area contributed by atoms with Crippen molar-refractivity contribution in [2.75, 3.05) is 13.2 Å². The summed E-state index contributed by atoms with van der Waals surface area (Å²) >= 11 is 0. The molecule has 4 nitrogen and oxygen atoms in total. The predicted molar refractivity (Wildman–Crippen MR) is 66.1 cm³/mol. The van der Waals surface area contributed by atoms with E-state index >= 15 is 0 Å². The normalized spacial score (nSPS) is 53.2. The Hall–Kier alpha value is -0.160. The number of aliphatic hydroxyl groups excluding tert-OH is 1. The lowest BCUT2D eigenvalue weighted by molar-refractivity contribution is -0.322. The van der Waals surface area contributed by atoms with Crippen molar-refractivity contribution in [1.29, 1.82) is 0 Å². The minimum atomic E-state index is -0.576. The molecule has 0 aromatic heterocycles. The van der Waals surface area contributed by atoms with Crippen LogP contribution in [0.15, 0.2) is 0 Å². The highest BCUT2D eigenvalue weighted by atomic mass is 16.7. The van der Waals surface area contributed by atoms with Crippen LogP contribution >= 0.6 is 0 Å². The van der Waals surface area contributed by atoms with Gasteiger partial charge in [-0.25, -0.2) is 0 Å². The van der Waals surface area contributed by atoms with Gasteiger partial charge in [-0.2, -0.15) is 0 Å². The quantitative estimate of drug-likeness (QED) is 0.716. The lowest BCUT2D eigenvalue weighted by Crippen LogP contribution is -2.57. The van der Waals surface area contributed by atoms with Crippen molar-refractivity contribution < 1.29 is 19.3 Å². The fourth-order valence-corrected chi connectivity index (χ4v) is 3.69. The Kier molecular flexibility index (Phi) is 3.39. The van der Waals surface area contributed by atoms with Gasteiger partial charge in [-0.1, -0.05) is 13.8 Å². The van der Waals surface area contributed by atoms with E-state index in [2.05, 4.69) is 13.8 Å². The molecule has 1 spiro atoms. The van der Waals surface area contributed by atoms with E-state index in [1.165, 1.54) is 0 Å². The van der Waals surface area contributed by atoms with Crippen molar-refractivity contribution in [3.8, 4) is 0 Å². The monoisotopic (exact) mass is 256 g/mol.